The lowest BCUT2D eigenvalue weighted by Crippen LogP contribution is -2.37. The maximum atomic E-state index is 6.00. The number of halogens is 1. The Morgan fingerprint density at radius 2 is 2.11 bits per heavy atom. The Kier molecular flexibility index (Phi) is 4.87. The van der Waals surface area contributed by atoms with E-state index in [0.717, 1.165) is 43.1 Å². The molecule has 1 aromatic rings. The highest BCUT2D eigenvalue weighted by Gasteiger charge is 2.20. The predicted molar refractivity (Wildman–Crippen MR) is 76.2 cm³/mol. The van der Waals surface area contributed by atoms with Gasteiger partial charge in [0.25, 0.3) is 0 Å². The molecule has 100 valence electrons. The highest BCUT2D eigenvalue weighted by atomic mass is 35.5. The first kappa shape index (κ1) is 13.7. The first-order chi connectivity index (χ1) is 8.74. The minimum Gasteiger partial charge on any atom is -0.378 e. The third-order valence-electron chi connectivity index (χ3n) is 3.45. The van der Waals surface area contributed by atoms with Gasteiger partial charge in [-0.3, -0.25) is 0 Å². The Morgan fingerprint density at radius 3 is 2.72 bits per heavy atom. The lowest BCUT2D eigenvalue weighted by atomic mass is 10.0. The van der Waals surface area contributed by atoms with Crippen LogP contribution in [-0.2, 0) is 11.3 Å². The van der Waals surface area contributed by atoms with Crippen molar-refractivity contribution in [3.8, 4) is 0 Å². The first-order valence-corrected chi connectivity index (χ1v) is 6.97. The van der Waals surface area contributed by atoms with Crippen molar-refractivity contribution < 1.29 is 4.74 Å². The van der Waals surface area contributed by atoms with Gasteiger partial charge in [-0.1, -0.05) is 11.6 Å². The standard InChI is InChI=1S/C14H21ClN2O/c1-2-18-13-5-7-17(8-6-13)14-4-3-12(15)9-11(14)10-16/h3-4,9,13H,2,5-8,10,16H2,1H3. The van der Waals surface area contributed by atoms with Crippen molar-refractivity contribution in [2.45, 2.75) is 32.4 Å². The van der Waals surface area contributed by atoms with E-state index in [1.807, 2.05) is 12.1 Å². The fraction of sp³-hybridized carbons (Fsp3) is 0.571. The Labute approximate surface area is 114 Å². The van der Waals surface area contributed by atoms with Crippen molar-refractivity contribution in [1.29, 1.82) is 0 Å². The number of piperidine rings is 1. The zero-order valence-electron chi connectivity index (χ0n) is 10.9. The van der Waals surface area contributed by atoms with E-state index in [1.165, 1.54) is 5.69 Å². The second-order valence-corrected chi connectivity index (χ2v) is 5.06. The van der Waals surface area contributed by atoms with Crippen LogP contribution < -0.4 is 10.6 Å². The molecule has 4 heteroatoms. The molecule has 3 nitrogen and oxygen atoms in total. The van der Waals surface area contributed by atoms with E-state index in [-0.39, 0.29) is 0 Å². The van der Waals surface area contributed by atoms with Crippen LogP contribution in [0.3, 0.4) is 0 Å². The molecule has 2 rings (SSSR count). The largest absolute Gasteiger partial charge is 0.378 e. The van der Waals surface area contributed by atoms with Gasteiger partial charge in [0, 0.05) is 37.0 Å². The number of nitrogens with two attached hydrogens (primary N) is 1. The number of hydrogen-bond acceptors (Lipinski definition) is 3. The molecule has 0 saturated carbocycles. The molecule has 1 fully saturated rings. The summed E-state index contributed by atoms with van der Waals surface area (Å²) >= 11 is 6.00. The smallest absolute Gasteiger partial charge is 0.0608 e. The van der Waals surface area contributed by atoms with Gasteiger partial charge >= 0.3 is 0 Å². The van der Waals surface area contributed by atoms with Gasteiger partial charge in [-0.05, 0) is 43.5 Å². The molecule has 0 spiro atoms. The SMILES string of the molecule is CCOC1CCN(c2ccc(Cl)cc2CN)CC1. The van der Waals surface area contributed by atoms with E-state index >= 15 is 0 Å². The summed E-state index contributed by atoms with van der Waals surface area (Å²) in [7, 11) is 0. The van der Waals surface area contributed by atoms with Crippen LogP contribution in [0, 0.1) is 0 Å². The minimum absolute atomic E-state index is 0.417. The molecule has 0 aliphatic carbocycles. The van der Waals surface area contributed by atoms with E-state index in [2.05, 4.69) is 17.9 Å². The van der Waals surface area contributed by atoms with Gasteiger partial charge in [0.1, 0.15) is 0 Å². The normalized spacial score (nSPS) is 17.2. The van der Waals surface area contributed by atoms with Crippen LogP contribution in [0.2, 0.25) is 5.02 Å². The van der Waals surface area contributed by atoms with Gasteiger partial charge in [-0.15, -0.1) is 0 Å². The summed E-state index contributed by atoms with van der Waals surface area (Å²) in [5.41, 5.74) is 8.13. The average molecular weight is 269 g/mol. The van der Waals surface area contributed by atoms with Crippen molar-refractivity contribution in [3.05, 3.63) is 28.8 Å². The molecule has 2 N–H and O–H groups in total. The van der Waals surface area contributed by atoms with Crippen LogP contribution in [0.4, 0.5) is 5.69 Å². The second-order valence-electron chi connectivity index (χ2n) is 4.62. The highest BCUT2D eigenvalue weighted by Crippen LogP contribution is 2.27. The van der Waals surface area contributed by atoms with Gasteiger partial charge in [0.05, 0.1) is 6.10 Å². The third-order valence-corrected chi connectivity index (χ3v) is 3.68. The first-order valence-electron chi connectivity index (χ1n) is 6.59. The maximum absolute atomic E-state index is 6.00. The zero-order chi connectivity index (χ0) is 13.0. The second kappa shape index (κ2) is 6.41. The van der Waals surface area contributed by atoms with Crippen LogP contribution in [0.25, 0.3) is 0 Å². The van der Waals surface area contributed by atoms with Gasteiger partial charge in [-0.2, -0.15) is 0 Å². The lowest BCUT2D eigenvalue weighted by Gasteiger charge is -2.34. The Balaban J connectivity index is 2.05. The summed E-state index contributed by atoms with van der Waals surface area (Å²) in [6.45, 7) is 5.44. The van der Waals surface area contributed by atoms with E-state index in [9.17, 15) is 0 Å². The maximum Gasteiger partial charge on any atom is 0.0608 e. The summed E-state index contributed by atoms with van der Waals surface area (Å²) in [6, 6.07) is 5.97. The van der Waals surface area contributed by atoms with Gasteiger partial charge in [0.15, 0.2) is 0 Å². The molecule has 0 amide bonds. The zero-order valence-corrected chi connectivity index (χ0v) is 11.6. The molecule has 1 heterocycles. The van der Waals surface area contributed by atoms with Crippen LogP contribution >= 0.6 is 11.6 Å². The van der Waals surface area contributed by atoms with Crippen LogP contribution in [0.5, 0.6) is 0 Å². The number of rotatable bonds is 4. The van der Waals surface area contributed by atoms with Crippen LogP contribution in [0.15, 0.2) is 18.2 Å². The van der Waals surface area contributed by atoms with Gasteiger partial charge in [0.2, 0.25) is 0 Å². The number of benzene rings is 1. The van der Waals surface area contributed by atoms with E-state index in [1.54, 1.807) is 0 Å². The van der Waals surface area contributed by atoms with E-state index < -0.39 is 0 Å². The summed E-state index contributed by atoms with van der Waals surface area (Å²) < 4.78 is 5.67. The van der Waals surface area contributed by atoms with Gasteiger partial charge < -0.3 is 15.4 Å². The van der Waals surface area contributed by atoms with Crippen molar-refractivity contribution in [2.75, 3.05) is 24.6 Å². The number of nitrogens with zero attached hydrogens (tertiary/aromatic N) is 1. The molecular formula is C14H21ClN2O. The van der Waals surface area contributed by atoms with Gasteiger partial charge in [-0.25, -0.2) is 0 Å². The fourth-order valence-corrected chi connectivity index (χ4v) is 2.72. The number of hydrogen-bond donors (Lipinski definition) is 1. The van der Waals surface area contributed by atoms with Crippen molar-refractivity contribution in [3.63, 3.8) is 0 Å². The molecule has 1 aliphatic heterocycles. The van der Waals surface area contributed by atoms with Crippen LogP contribution in [0.1, 0.15) is 25.3 Å². The lowest BCUT2D eigenvalue weighted by molar-refractivity contribution is 0.0459. The summed E-state index contributed by atoms with van der Waals surface area (Å²) in [5.74, 6) is 0. The van der Waals surface area contributed by atoms with Crippen LogP contribution in [-0.4, -0.2) is 25.8 Å². The Bertz CT molecular complexity index is 389. The van der Waals surface area contributed by atoms with Crippen molar-refractivity contribution >= 4 is 17.3 Å². The summed E-state index contributed by atoms with van der Waals surface area (Å²) in [4.78, 5) is 2.38. The topological polar surface area (TPSA) is 38.5 Å². The fourth-order valence-electron chi connectivity index (χ4n) is 2.53. The molecule has 0 bridgehead atoms. The monoisotopic (exact) mass is 268 g/mol. The minimum atomic E-state index is 0.417. The van der Waals surface area contributed by atoms with E-state index in [0.29, 0.717) is 12.6 Å². The molecule has 0 radical (unpaired) electrons. The molecule has 18 heavy (non-hydrogen) atoms. The van der Waals surface area contributed by atoms with Crippen molar-refractivity contribution in [2.24, 2.45) is 5.73 Å². The molecular weight excluding hydrogens is 248 g/mol. The third kappa shape index (κ3) is 3.16. The van der Waals surface area contributed by atoms with Crippen molar-refractivity contribution in [1.82, 2.24) is 0 Å². The molecule has 1 saturated heterocycles. The predicted octanol–water partition coefficient (Wildman–Crippen LogP) is 2.80. The molecule has 0 atom stereocenters. The molecule has 0 unspecified atom stereocenters. The molecule has 0 aromatic heterocycles. The summed E-state index contributed by atoms with van der Waals surface area (Å²) in [5, 5.41) is 0.753. The molecule has 1 aromatic carbocycles. The van der Waals surface area contributed by atoms with E-state index in [4.69, 9.17) is 22.1 Å². The summed E-state index contributed by atoms with van der Waals surface area (Å²) in [6.07, 6.45) is 2.58. The average Bonchev–Trinajstić information content (AvgIpc) is 2.40. The number of ether oxygens (including phenoxy) is 1. The Morgan fingerprint density at radius 1 is 1.39 bits per heavy atom. The Hall–Kier alpha value is -0.770. The highest BCUT2D eigenvalue weighted by molar-refractivity contribution is 6.30. The number of anilines is 1. The molecule has 1 aliphatic rings. The quantitative estimate of drug-likeness (QED) is 0.913.